The molecule has 0 amide bonds. The molecule has 0 unspecified atom stereocenters. The van der Waals surface area contributed by atoms with Crippen LogP contribution in [0.5, 0.6) is 0 Å². The van der Waals surface area contributed by atoms with E-state index >= 15 is 0 Å². The minimum atomic E-state index is -4.88. The maximum atomic E-state index is 12.5. The Morgan fingerprint density at radius 2 is 1.44 bits per heavy atom. The summed E-state index contributed by atoms with van der Waals surface area (Å²) in [6, 6.07) is 5.48. The van der Waals surface area contributed by atoms with E-state index < -0.39 is 12.4 Å². The van der Waals surface area contributed by atoms with Gasteiger partial charge in [0.05, 0.1) is 0 Å². The quantitative estimate of drug-likeness (QED) is 0.609. The molecule has 1 aliphatic rings. The summed E-state index contributed by atoms with van der Waals surface area (Å²) < 4.78 is 37.4. The minimum absolute atomic E-state index is 0. The van der Waals surface area contributed by atoms with Crippen molar-refractivity contribution in [2.75, 3.05) is 38.1 Å². The molecule has 1 aromatic rings. The number of rotatable bonds is 2. The van der Waals surface area contributed by atoms with Gasteiger partial charge >= 0.3 is 58.4 Å². The zero-order valence-electron chi connectivity index (χ0n) is 10.7. The molecule has 0 N–H and O–H groups in total. The molecule has 1 saturated heterocycles. The van der Waals surface area contributed by atoms with E-state index in [0.29, 0.717) is 0 Å². The van der Waals surface area contributed by atoms with Gasteiger partial charge in [0, 0.05) is 31.9 Å². The predicted molar refractivity (Wildman–Crippen MR) is 64.9 cm³/mol. The number of anilines is 1. The molecule has 1 fully saturated rings. The van der Waals surface area contributed by atoms with Crippen molar-refractivity contribution in [3.05, 3.63) is 24.3 Å². The van der Waals surface area contributed by atoms with Crippen molar-refractivity contribution in [3.8, 4) is 0 Å². The molecule has 0 saturated carbocycles. The topological polar surface area (TPSA) is 6.48 Å². The molecule has 1 aliphatic heterocycles. The van der Waals surface area contributed by atoms with Gasteiger partial charge in [0.2, 0.25) is 0 Å². The Kier molecular flexibility index (Phi) is 6.21. The van der Waals surface area contributed by atoms with E-state index in [2.05, 4.69) is 9.80 Å². The number of halogens is 3. The molecule has 0 aromatic heterocycles. The van der Waals surface area contributed by atoms with E-state index in [1.807, 2.05) is 7.05 Å². The van der Waals surface area contributed by atoms with E-state index in [4.69, 9.17) is 0 Å². The molecule has 94 valence electrons. The molecule has 0 atom stereocenters. The van der Waals surface area contributed by atoms with Crippen molar-refractivity contribution in [1.29, 1.82) is 0 Å². The van der Waals surface area contributed by atoms with Gasteiger partial charge in [0.15, 0.2) is 0 Å². The molecule has 0 bridgehead atoms. The van der Waals surface area contributed by atoms with Crippen LogP contribution in [0.15, 0.2) is 24.3 Å². The van der Waals surface area contributed by atoms with Crippen molar-refractivity contribution in [2.45, 2.75) is 0 Å². The number of nitrogens with zero attached hydrogens (tertiary/aromatic N) is 2. The fourth-order valence-electron chi connectivity index (χ4n) is 1.97. The molecule has 2 rings (SSSR count). The third-order valence-corrected chi connectivity index (χ3v) is 3.14. The van der Waals surface area contributed by atoms with Gasteiger partial charge in [0.25, 0.3) is 0 Å². The molecule has 2 nitrogen and oxygen atoms in total. The van der Waals surface area contributed by atoms with Gasteiger partial charge in [-0.1, -0.05) is 12.1 Å². The van der Waals surface area contributed by atoms with Gasteiger partial charge in [-0.25, -0.2) is 0 Å². The standard InChI is InChI=1S/C11H15BF3N2.K/c1-16-6-8-17(9-7-16)11-4-2-10(3-5-11)12(13,14)15;/h2-5H,6-9H2,1H3;/q-1;+1. The normalized spacial score (nSPS) is 17.4. The van der Waals surface area contributed by atoms with E-state index in [1.165, 1.54) is 12.1 Å². The van der Waals surface area contributed by atoms with Crippen LogP contribution in [0.3, 0.4) is 0 Å². The van der Waals surface area contributed by atoms with Crippen LogP contribution < -0.4 is 61.7 Å². The minimum Gasteiger partial charge on any atom is -0.445 e. The molecular weight excluding hydrogens is 267 g/mol. The van der Waals surface area contributed by atoms with Gasteiger partial charge in [-0.05, 0) is 19.2 Å². The third kappa shape index (κ3) is 4.25. The monoisotopic (exact) mass is 282 g/mol. The summed E-state index contributed by atoms with van der Waals surface area (Å²) in [6.45, 7) is -1.24. The second-order valence-corrected chi connectivity index (χ2v) is 4.46. The number of likely N-dealkylation sites (N-methyl/N-ethyl adjacent to an activating group) is 1. The van der Waals surface area contributed by atoms with Crippen molar-refractivity contribution >= 4 is 18.1 Å². The van der Waals surface area contributed by atoms with Gasteiger partial charge < -0.3 is 22.7 Å². The first-order chi connectivity index (χ1) is 7.97. The molecule has 1 heterocycles. The first-order valence-corrected chi connectivity index (χ1v) is 5.70. The van der Waals surface area contributed by atoms with E-state index in [-0.39, 0.29) is 51.4 Å². The number of hydrogen-bond donors (Lipinski definition) is 0. The number of piperazine rings is 1. The van der Waals surface area contributed by atoms with Crippen molar-refractivity contribution in [3.63, 3.8) is 0 Å². The number of benzene rings is 1. The van der Waals surface area contributed by atoms with Gasteiger partial charge in [-0.3, -0.25) is 0 Å². The largest absolute Gasteiger partial charge is 1.00 e. The van der Waals surface area contributed by atoms with Crippen molar-refractivity contribution in [1.82, 2.24) is 4.90 Å². The fourth-order valence-corrected chi connectivity index (χ4v) is 1.97. The summed E-state index contributed by atoms with van der Waals surface area (Å²) >= 11 is 0. The van der Waals surface area contributed by atoms with Crippen LogP contribution in [-0.4, -0.2) is 45.1 Å². The van der Waals surface area contributed by atoms with Crippen molar-refractivity contribution in [2.24, 2.45) is 0 Å². The van der Waals surface area contributed by atoms with Gasteiger partial charge in [-0.2, -0.15) is 0 Å². The second-order valence-electron chi connectivity index (χ2n) is 4.46. The maximum absolute atomic E-state index is 12.5. The maximum Gasteiger partial charge on any atom is 1.00 e. The molecule has 1 aromatic carbocycles. The van der Waals surface area contributed by atoms with Crippen LogP contribution in [0.1, 0.15) is 0 Å². The smallest absolute Gasteiger partial charge is 0.445 e. The zero-order valence-corrected chi connectivity index (χ0v) is 13.9. The summed E-state index contributed by atoms with van der Waals surface area (Å²) in [5.74, 6) is 0. The Labute approximate surface area is 148 Å². The zero-order chi connectivity index (χ0) is 12.5. The summed E-state index contributed by atoms with van der Waals surface area (Å²) in [5.41, 5.74) is 0.352. The molecular formula is C11H15BF3KN2. The third-order valence-electron chi connectivity index (χ3n) is 3.14. The SMILES string of the molecule is CN1CCN(c2ccc([B-](F)(F)F)cc2)CC1.[K+]. The van der Waals surface area contributed by atoms with Crippen molar-refractivity contribution < 1.29 is 64.3 Å². The molecule has 0 spiro atoms. The predicted octanol–water partition coefficient (Wildman–Crippen LogP) is -1.50. The van der Waals surface area contributed by atoms with E-state index in [9.17, 15) is 12.9 Å². The Hall–Kier alpha value is 0.471. The van der Waals surface area contributed by atoms with E-state index in [0.717, 1.165) is 31.9 Å². The van der Waals surface area contributed by atoms with Gasteiger partial charge in [-0.15, -0.1) is 5.46 Å². The van der Waals surface area contributed by atoms with Crippen LogP contribution in [-0.2, 0) is 0 Å². The summed E-state index contributed by atoms with van der Waals surface area (Å²) in [4.78, 5) is 4.33. The fraction of sp³-hybridized carbons (Fsp3) is 0.455. The molecule has 7 heteroatoms. The van der Waals surface area contributed by atoms with Gasteiger partial charge in [0.1, 0.15) is 0 Å². The number of hydrogen-bond acceptors (Lipinski definition) is 2. The Balaban J connectivity index is 0.00000162. The summed E-state index contributed by atoms with van der Waals surface area (Å²) in [7, 11) is 2.05. The van der Waals surface area contributed by atoms with Crippen LogP contribution >= 0.6 is 0 Å². The Morgan fingerprint density at radius 3 is 1.89 bits per heavy atom. The summed E-state index contributed by atoms with van der Waals surface area (Å²) in [6.07, 6.45) is 0. The second kappa shape index (κ2) is 6.76. The first kappa shape index (κ1) is 16.5. The van der Waals surface area contributed by atoms with Crippen LogP contribution in [0, 0.1) is 0 Å². The van der Waals surface area contributed by atoms with Crippen LogP contribution in [0.4, 0.5) is 18.6 Å². The molecule has 18 heavy (non-hydrogen) atoms. The average Bonchev–Trinajstić information content (AvgIpc) is 2.29. The Morgan fingerprint density at radius 1 is 0.944 bits per heavy atom. The van der Waals surface area contributed by atoms with E-state index in [1.54, 1.807) is 12.1 Å². The first-order valence-electron chi connectivity index (χ1n) is 5.70. The Bertz CT molecular complexity index is 375. The average molecular weight is 282 g/mol. The summed E-state index contributed by atoms with van der Waals surface area (Å²) in [5, 5.41) is 0. The van der Waals surface area contributed by atoms with Crippen LogP contribution in [0.25, 0.3) is 0 Å². The molecule has 0 aliphatic carbocycles. The van der Waals surface area contributed by atoms with Crippen LogP contribution in [0.2, 0.25) is 0 Å². The molecule has 0 radical (unpaired) electrons.